The molecule has 1 aromatic rings. The maximum Gasteiger partial charge on any atom is 0.311 e. The molecule has 0 radical (unpaired) electrons. The molecular formula is C11H15N3O4S. The lowest BCUT2D eigenvalue weighted by Gasteiger charge is -2.29. The maximum atomic E-state index is 12.3. The normalized spacial score (nSPS) is 22.4. The smallest absolute Gasteiger partial charge is 0.311 e. The highest BCUT2D eigenvalue weighted by atomic mass is 32.1. The molecule has 2 heterocycles. The Morgan fingerprint density at radius 1 is 1.58 bits per heavy atom. The molecule has 0 spiro atoms. The van der Waals surface area contributed by atoms with Gasteiger partial charge in [0.25, 0.3) is 5.91 Å². The molecule has 1 aliphatic rings. The summed E-state index contributed by atoms with van der Waals surface area (Å²) in [5.74, 6) is -1.90. The summed E-state index contributed by atoms with van der Waals surface area (Å²) < 4.78 is 8.88. The first-order valence-corrected chi connectivity index (χ1v) is 6.87. The minimum Gasteiger partial charge on any atom is -0.481 e. The summed E-state index contributed by atoms with van der Waals surface area (Å²) in [4.78, 5) is 25.1. The number of carbonyl (C=O) groups excluding carboxylic acids is 1. The van der Waals surface area contributed by atoms with Crippen LogP contribution in [0.5, 0.6) is 0 Å². The largest absolute Gasteiger partial charge is 0.481 e. The molecule has 1 aromatic heterocycles. The number of hydrogen-bond donors (Lipinski definition) is 1. The average Bonchev–Trinajstić information content (AvgIpc) is 3.05. The second kappa shape index (κ2) is 6.07. The van der Waals surface area contributed by atoms with E-state index in [1.807, 2.05) is 6.92 Å². The van der Waals surface area contributed by atoms with Crippen molar-refractivity contribution in [3.8, 4) is 0 Å². The highest BCUT2D eigenvalue weighted by Gasteiger charge is 2.40. The van der Waals surface area contributed by atoms with E-state index in [2.05, 4.69) is 9.59 Å². The summed E-state index contributed by atoms with van der Waals surface area (Å²) in [6.45, 7) is 2.81. The van der Waals surface area contributed by atoms with Crippen LogP contribution in [0.4, 0.5) is 0 Å². The molecular weight excluding hydrogens is 270 g/mol. The topological polar surface area (TPSA) is 92.6 Å². The van der Waals surface area contributed by atoms with Gasteiger partial charge in [0.2, 0.25) is 0 Å². The molecule has 7 nitrogen and oxygen atoms in total. The first-order valence-electron chi connectivity index (χ1n) is 6.03. The molecule has 19 heavy (non-hydrogen) atoms. The van der Waals surface area contributed by atoms with Crippen LogP contribution in [0.15, 0.2) is 5.38 Å². The van der Waals surface area contributed by atoms with Crippen molar-refractivity contribution >= 4 is 23.4 Å². The Labute approximate surface area is 114 Å². The predicted octanol–water partition coefficient (Wildman–Crippen LogP) is 0.490. The van der Waals surface area contributed by atoms with E-state index in [-0.39, 0.29) is 24.8 Å². The van der Waals surface area contributed by atoms with Gasteiger partial charge in [-0.1, -0.05) is 11.4 Å². The SMILES string of the molecule is CCCN(C(=O)c1csnn1)C1COCC1C(=O)O. The second-order valence-corrected chi connectivity index (χ2v) is 4.95. The van der Waals surface area contributed by atoms with Crippen molar-refractivity contribution in [1.29, 1.82) is 0 Å². The number of amides is 1. The van der Waals surface area contributed by atoms with Gasteiger partial charge in [-0.2, -0.15) is 0 Å². The van der Waals surface area contributed by atoms with Gasteiger partial charge in [-0.15, -0.1) is 5.10 Å². The standard InChI is InChI=1S/C11H15N3O4S/c1-2-3-14(10(15)8-6-19-13-12-8)9-5-18-4-7(9)11(16)17/h6-7,9H,2-5H2,1H3,(H,16,17). The van der Waals surface area contributed by atoms with Crippen molar-refractivity contribution in [2.75, 3.05) is 19.8 Å². The lowest BCUT2D eigenvalue weighted by molar-refractivity contribution is -0.142. The zero-order valence-electron chi connectivity index (χ0n) is 10.5. The van der Waals surface area contributed by atoms with Gasteiger partial charge in [0, 0.05) is 11.9 Å². The summed E-state index contributed by atoms with van der Waals surface area (Å²) in [5, 5.41) is 14.5. The van der Waals surface area contributed by atoms with Crippen LogP contribution in [-0.2, 0) is 9.53 Å². The Balaban J connectivity index is 2.20. The number of hydrogen-bond acceptors (Lipinski definition) is 6. The summed E-state index contributed by atoms with van der Waals surface area (Å²) in [6, 6.07) is -0.438. The van der Waals surface area contributed by atoms with Crippen LogP contribution in [0.3, 0.4) is 0 Å². The summed E-state index contributed by atoms with van der Waals surface area (Å²) in [5.41, 5.74) is 0.259. The molecule has 1 N–H and O–H groups in total. The van der Waals surface area contributed by atoms with Crippen LogP contribution in [0, 0.1) is 5.92 Å². The Morgan fingerprint density at radius 2 is 2.37 bits per heavy atom. The van der Waals surface area contributed by atoms with Crippen molar-refractivity contribution in [2.45, 2.75) is 19.4 Å². The molecule has 104 valence electrons. The first kappa shape index (κ1) is 13.9. The fraction of sp³-hybridized carbons (Fsp3) is 0.636. The molecule has 8 heteroatoms. The second-order valence-electron chi connectivity index (χ2n) is 4.34. The van der Waals surface area contributed by atoms with Crippen LogP contribution in [0.1, 0.15) is 23.8 Å². The van der Waals surface area contributed by atoms with Crippen LogP contribution < -0.4 is 0 Å². The van der Waals surface area contributed by atoms with Gasteiger partial charge in [-0.05, 0) is 18.0 Å². The van der Waals surface area contributed by atoms with Crippen molar-refractivity contribution in [3.05, 3.63) is 11.1 Å². The van der Waals surface area contributed by atoms with E-state index in [1.54, 1.807) is 10.3 Å². The predicted molar refractivity (Wildman–Crippen MR) is 67.0 cm³/mol. The molecule has 0 bridgehead atoms. The number of carboxylic acid groups (broad SMARTS) is 1. The Morgan fingerprint density at radius 3 is 2.95 bits per heavy atom. The molecule has 1 amide bonds. The van der Waals surface area contributed by atoms with Crippen LogP contribution >= 0.6 is 11.5 Å². The van der Waals surface area contributed by atoms with Gasteiger partial charge in [0.05, 0.1) is 19.3 Å². The third kappa shape index (κ3) is 2.90. The Hall–Kier alpha value is -1.54. The monoisotopic (exact) mass is 285 g/mol. The highest BCUT2D eigenvalue weighted by Crippen LogP contribution is 2.22. The molecule has 0 aliphatic carbocycles. The number of carbonyl (C=O) groups is 2. The fourth-order valence-electron chi connectivity index (χ4n) is 2.15. The van der Waals surface area contributed by atoms with Gasteiger partial charge in [0.15, 0.2) is 5.69 Å². The Kier molecular flexibility index (Phi) is 4.43. The van der Waals surface area contributed by atoms with E-state index in [1.165, 1.54) is 0 Å². The van der Waals surface area contributed by atoms with Gasteiger partial charge in [-0.25, -0.2) is 0 Å². The minimum absolute atomic E-state index is 0.142. The molecule has 0 aromatic carbocycles. The van der Waals surface area contributed by atoms with Crippen molar-refractivity contribution in [1.82, 2.24) is 14.5 Å². The fourth-order valence-corrected chi connectivity index (χ4v) is 2.58. The van der Waals surface area contributed by atoms with E-state index < -0.39 is 17.9 Å². The van der Waals surface area contributed by atoms with Gasteiger partial charge in [-0.3, -0.25) is 9.59 Å². The average molecular weight is 285 g/mol. The summed E-state index contributed by atoms with van der Waals surface area (Å²) >= 11 is 1.10. The quantitative estimate of drug-likeness (QED) is 0.846. The van der Waals surface area contributed by atoms with Gasteiger partial charge >= 0.3 is 5.97 Å². The molecule has 1 fully saturated rings. The van der Waals surface area contributed by atoms with E-state index in [0.29, 0.717) is 6.54 Å². The molecule has 1 saturated heterocycles. The van der Waals surface area contributed by atoms with E-state index >= 15 is 0 Å². The number of carboxylic acids is 1. The minimum atomic E-state index is -0.937. The number of ether oxygens (including phenoxy) is 1. The lowest BCUT2D eigenvalue weighted by Crippen LogP contribution is -2.47. The molecule has 2 rings (SSSR count). The number of aromatic nitrogens is 2. The summed E-state index contributed by atoms with van der Waals surface area (Å²) in [6.07, 6.45) is 0.742. The van der Waals surface area contributed by atoms with Gasteiger partial charge in [0.1, 0.15) is 5.92 Å². The lowest BCUT2D eigenvalue weighted by atomic mass is 10.0. The van der Waals surface area contributed by atoms with Crippen LogP contribution in [0.2, 0.25) is 0 Å². The maximum absolute atomic E-state index is 12.3. The zero-order chi connectivity index (χ0) is 13.8. The first-order chi connectivity index (χ1) is 9.15. The van der Waals surface area contributed by atoms with Crippen molar-refractivity contribution in [2.24, 2.45) is 5.92 Å². The third-order valence-corrected chi connectivity index (χ3v) is 3.58. The molecule has 2 atom stereocenters. The number of aliphatic carboxylic acids is 1. The van der Waals surface area contributed by atoms with Crippen LogP contribution in [-0.4, -0.2) is 57.3 Å². The summed E-state index contributed by atoms with van der Waals surface area (Å²) in [7, 11) is 0. The van der Waals surface area contributed by atoms with Gasteiger partial charge < -0.3 is 14.7 Å². The van der Waals surface area contributed by atoms with E-state index in [9.17, 15) is 9.59 Å². The number of nitrogens with zero attached hydrogens (tertiary/aromatic N) is 3. The zero-order valence-corrected chi connectivity index (χ0v) is 11.3. The molecule has 0 saturated carbocycles. The Bertz CT molecular complexity index is 451. The highest BCUT2D eigenvalue weighted by molar-refractivity contribution is 7.03. The molecule has 1 aliphatic heterocycles. The van der Waals surface area contributed by atoms with Crippen molar-refractivity contribution < 1.29 is 19.4 Å². The third-order valence-electron chi connectivity index (χ3n) is 3.07. The van der Waals surface area contributed by atoms with Crippen molar-refractivity contribution in [3.63, 3.8) is 0 Å². The van der Waals surface area contributed by atoms with Crippen LogP contribution in [0.25, 0.3) is 0 Å². The van der Waals surface area contributed by atoms with E-state index in [4.69, 9.17) is 9.84 Å². The molecule has 2 unspecified atom stereocenters. The number of rotatable bonds is 5. The van der Waals surface area contributed by atoms with E-state index in [0.717, 1.165) is 18.0 Å².